The van der Waals surface area contributed by atoms with Crippen molar-refractivity contribution < 1.29 is 9.90 Å². The summed E-state index contributed by atoms with van der Waals surface area (Å²) in [4.78, 5) is 14.3. The Balaban J connectivity index is 0.000000779. The maximum Gasteiger partial charge on any atom is 0.335 e. The van der Waals surface area contributed by atoms with Gasteiger partial charge in [0, 0.05) is 50.1 Å². The molecule has 8 rings (SSSR count). The van der Waals surface area contributed by atoms with Gasteiger partial charge < -0.3 is 10.4 Å². The zero-order valence-electron chi connectivity index (χ0n) is 37.6. The normalized spacial score (nSPS) is 35.1. The molecule has 0 radical (unpaired) electrons. The molecule has 5 nitrogen and oxygen atoms in total. The summed E-state index contributed by atoms with van der Waals surface area (Å²) in [6, 6.07) is 7.69. The van der Waals surface area contributed by atoms with Gasteiger partial charge in [0.25, 0.3) is 0 Å². The third kappa shape index (κ3) is 9.75. The second kappa shape index (κ2) is 21.4. The Morgan fingerprint density at radius 1 is 0.797 bits per heavy atom. The molecular weight excluding hydrogens is 743 g/mol. The second-order valence-electron chi connectivity index (χ2n) is 19.2. The highest BCUT2D eigenvalue weighted by atomic mass is 32.2. The van der Waals surface area contributed by atoms with E-state index >= 15 is 0 Å². The fraction of sp³-hybridized carbons (Fsp3) is 0.642. The summed E-state index contributed by atoms with van der Waals surface area (Å²) in [5.74, 6) is 2.25. The van der Waals surface area contributed by atoms with Crippen LogP contribution in [0.4, 0.5) is 0 Å². The topological polar surface area (TPSA) is 55.8 Å². The van der Waals surface area contributed by atoms with E-state index in [2.05, 4.69) is 137 Å². The van der Waals surface area contributed by atoms with Crippen molar-refractivity contribution in [2.24, 2.45) is 45.3 Å². The van der Waals surface area contributed by atoms with Crippen LogP contribution in [0.15, 0.2) is 43.0 Å². The van der Waals surface area contributed by atoms with Gasteiger partial charge in [0.2, 0.25) is 0 Å². The van der Waals surface area contributed by atoms with Gasteiger partial charge in [0.1, 0.15) is 0 Å². The minimum Gasteiger partial charge on any atom is -0.478 e. The van der Waals surface area contributed by atoms with E-state index in [4.69, 9.17) is 0 Å². The van der Waals surface area contributed by atoms with Crippen molar-refractivity contribution in [2.45, 2.75) is 129 Å². The quantitative estimate of drug-likeness (QED) is 0.155. The average molecular weight is 820 g/mol. The monoisotopic (exact) mass is 820 g/mol. The average Bonchev–Trinajstić information content (AvgIpc) is 3.97. The Kier molecular flexibility index (Phi) is 18.2. The van der Waals surface area contributed by atoms with Crippen molar-refractivity contribution in [3.8, 4) is 51.4 Å². The van der Waals surface area contributed by atoms with Gasteiger partial charge in [0.05, 0.1) is 5.56 Å². The van der Waals surface area contributed by atoms with Crippen molar-refractivity contribution in [3.63, 3.8) is 0 Å². The van der Waals surface area contributed by atoms with E-state index in [9.17, 15) is 9.90 Å². The molecule has 1 aliphatic heterocycles. The number of nitrogens with zero attached hydrogens (tertiary/aromatic N) is 2. The minimum atomic E-state index is -0.845. The number of carboxylic acids is 1. The minimum absolute atomic E-state index is 0.0661. The summed E-state index contributed by atoms with van der Waals surface area (Å²) in [5.41, 5.74) is 4.57. The first-order valence-electron chi connectivity index (χ1n) is 22.2. The fourth-order valence-electron chi connectivity index (χ4n) is 13.7. The van der Waals surface area contributed by atoms with Gasteiger partial charge >= 0.3 is 5.97 Å². The largest absolute Gasteiger partial charge is 0.478 e. The highest BCUT2D eigenvalue weighted by molar-refractivity contribution is 7.97. The smallest absolute Gasteiger partial charge is 0.335 e. The van der Waals surface area contributed by atoms with Crippen LogP contribution in [0, 0.1) is 96.7 Å². The van der Waals surface area contributed by atoms with Gasteiger partial charge in [-0.25, -0.2) is 9.10 Å². The molecule has 7 aliphatic rings. The number of piperazine rings is 1. The molecule has 0 spiro atoms. The van der Waals surface area contributed by atoms with E-state index in [1.807, 2.05) is 6.92 Å². The molecule has 0 aromatic heterocycles. The van der Waals surface area contributed by atoms with Gasteiger partial charge in [-0.3, -0.25) is 4.90 Å². The molecule has 0 amide bonds. The first kappa shape index (κ1) is 50.0. The molecule has 6 fully saturated rings. The number of terminal acetylenes is 4. The summed E-state index contributed by atoms with van der Waals surface area (Å²) in [7, 11) is 0. The molecule has 2 N–H and O–H groups in total. The lowest BCUT2D eigenvalue weighted by Gasteiger charge is -2.72. The maximum absolute atomic E-state index is 11.5. The van der Waals surface area contributed by atoms with E-state index in [1.54, 1.807) is 18.2 Å². The highest BCUT2D eigenvalue weighted by Gasteiger charge is 2.69. The zero-order chi connectivity index (χ0) is 44.2. The van der Waals surface area contributed by atoms with E-state index < -0.39 is 5.97 Å². The van der Waals surface area contributed by atoms with Crippen LogP contribution in [0.2, 0.25) is 0 Å². The van der Waals surface area contributed by atoms with Crippen LogP contribution in [0.5, 0.6) is 0 Å². The van der Waals surface area contributed by atoms with Crippen LogP contribution in [-0.2, 0) is 0 Å². The van der Waals surface area contributed by atoms with Crippen LogP contribution >= 0.6 is 11.9 Å². The number of benzene rings is 1. The molecule has 6 aliphatic carbocycles. The third-order valence-electron chi connectivity index (χ3n) is 16.4. The molecular formula is C53H77N3O2S. The number of hydrogen-bond donors (Lipinski definition) is 2. The lowest BCUT2D eigenvalue weighted by molar-refractivity contribution is -0.217. The van der Waals surface area contributed by atoms with E-state index in [0.29, 0.717) is 33.3 Å². The van der Waals surface area contributed by atoms with Gasteiger partial charge in [-0.2, -0.15) is 0 Å². The Labute approximate surface area is 365 Å². The van der Waals surface area contributed by atoms with Crippen LogP contribution in [0.1, 0.15) is 135 Å². The number of nitrogens with one attached hydrogen (secondary N) is 1. The van der Waals surface area contributed by atoms with E-state index in [0.717, 1.165) is 36.0 Å². The lowest BCUT2D eigenvalue weighted by Crippen LogP contribution is -2.67. The molecule has 0 bridgehead atoms. The van der Waals surface area contributed by atoms with E-state index in [-0.39, 0.29) is 5.41 Å². The number of carboxylic acid groups (broad SMARTS) is 1. The highest BCUT2D eigenvalue weighted by Crippen LogP contribution is 2.76. The maximum atomic E-state index is 11.5. The first-order chi connectivity index (χ1) is 28.3. The van der Waals surface area contributed by atoms with Gasteiger partial charge in [-0.1, -0.05) is 77.3 Å². The lowest BCUT2D eigenvalue weighted by atomic mass is 9.33. The standard InChI is InChI=1S/C42H63N3O2S.C3H6.4C2H2/c1-38(2)32(29-8-10-30(11-9-29)37(46)47)16-19-39(3)35(38)17-20-41(5)36(39)15-14-33-34-7-6-18-42(34,22-21-40(33,41)4)43-23-24-44-25-27-45(28-26-44)48-31-12-13-31;1-3-2;4*1-2/h8-11,16,31,33-36,43H,6-7,12-15,17-28H2,1-5H3,(H,46,47);3H,1H2,2H3;4*1-2H/t33-,34?,35?,36?,39+,40-,41-,42+;;;;;/m1...../s1. The molecule has 1 aromatic carbocycles. The summed E-state index contributed by atoms with van der Waals surface area (Å²) in [6.45, 7) is 25.8. The molecule has 8 atom stereocenters. The summed E-state index contributed by atoms with van der Waals surface area (Å²) < 4.78 is 2.64. The first-order valence-corrected chi connectivity index (χ1v) is 23.0. The second-order valence-corrected chi connectivity index (χ2v) is 20.6. The van der Waals surface area contributed by atoms with Gasteiger partial charge in [0.15, 0.2) is 0 Å². The number of aromatic carboxylic acids is 1. The number of allylic oxidation sites excluding steroid dienone is 3. The zero-order valence-corrected chi connectivity index (χ0v) is 38.4. The fourth-order valence-corrected chi connectivity index (χ4v) is 14.8. The van der Waals surface area contributed by atoms with Crippen LogP contribution in [-0.4, -0.2) is 70.3 Å². The molecule has 322 valence electrons. The Morgan fingerprint density at radius 3 is 1.98 bits per heavy atom. The van der Waals surface area contributed by atoms with Crippen molar-refractivity contribution >= 4 is 23.5 Å². The molecule has 3 unspecified atom stereocenters. The Bertz CT molecular complexity index is 1620. The van der Waals surface area contributed by atoms with Crippen LogP contribution in [0.25, 0.3) is 5.57 Å². The summed E-state index contributed by atoms with van der Waals surface area (Å²) in [5, 5.41) is 14.7. The molecule has 1 heterocycles. The summed E-state index contributed by atoms with van der Waals surface area (Å²) in [6.07, 6.45) is 52.8. The van der Waals surface area contributed by atoms with Crippen LogP contribution < -0.4 is 5.32 Å². The van der Waals surface area contributed by atoms with Gasteiger partial charge in [-0.15, -0.1) is 58.0 Å². The molecule has 1 saturated heterocycles. The molecule has 1 aromatic rings. The SMILES string of the molecule is C#C.C#C.C#C.C#C.C=CC.CC1(C)C(c2ccc(C(=O)O)cc2)=CC[C@@]2(C)C1CC[C@]1(C)C2CC[C@@H]2C3CCC[C@]3(NCCN3CCN(SC4CC4)CC3)CC[C@]21C. The van der Waals surface area contributed by atoms with Crippen LogP contribution in [0.3, 0.4) is 0 Å². The Morgan fingerprint density at radius 2 is 1.41 bits per heavy atom. The number of fused-ring (bicyclic) bond motifs is 7. The molecule has 5 saturated carbocycles. The van der Waals surface area contributed by atoms with Crippen molar-refractivity contribution in [2.75, 3.05) is 39.3 Å². The number of rotatable bonds is 8. The predicted molar refractivity (Wildman–Crippen MR) is 254 cm³/mol. The molecule has 59 heavy (non-hydrogen) atoms. The van der Waals surface area contributed by atoms with Crippen molar-refractivity contribution in [1.82, 2.24) is 14.5 Å². The van der Waals surface area contributed by atoms with Gasteiger partial charge in [-0.05, 0) is 146 Å². The number of hydrogen-bond acceptors (Lipinski definition) is 5. The summed E-state index contributed by atoms with van der Waals surface area (Å²) >= 11 is 2.14. The molecule has 6 heteroatoms. The van der Waals surface area contributed by atoms with E-state index in [1.165, 1.54) is 114 Å². The predicted octanol–water partition coefficient (Wildman–Crippen LogP) is 11.2. The van der Waals surface area contributed by atoms with Crippen molar-refractivity contribution in [3.05, 3.63) is 54.1 Å². The van der Waals surface area contributed by atoms with Crippen molar-refractivity contribution in [1.29, 1.82) is 0 Å². The number of carbonyl (C=O) groups is 1. The third-order valence-corrected chi connectivity index (χ3v) is 17.9. The Hall–Kier alpha value is -3.36.